The number of amides is 1. The van der Waals surface area contributed by atoms with Crippen molar-refractivity contribution < 1.29 is 9.18 Å². The average Bonchev–Trinajstić information content (AvgIpc) is 3.42. The highest BCUT2D eigenvalue weighted by Crippen LogP contribution is 2.33. The molecule has 1 atom stereocenters. The van der Waals surface area contributed by atoms with Gasteiger partial charge in [-0.15, -0.1) is 0 Å². The quantitative estimate of drug-likeness (QED) is 0.528. The first-order valence-corrected chi connectivity index (χ1v) is 9.76. The number of para-hydroxylation sites is 1. The van der Waals surface area contributed by atoms with Gasteiger partial charge in [-0.2, -0.15) is 10.2 Å². The molecule has 5 rings (SSSR count). The molecule has 7 heteroatoms. The van der Waals surface area contributed by atoms with E-state index in [0.717, 1.165) is 11.1 Å². The summed E-state index contributed by atoms with van der Waals surface area (Å²) in [6.45, 7) is 1.05. The van der Waals surface area contributed by atoms with Gasteiger partial charge in [0, 0.05) is 38.4 Å². The Labute approximate surface area is 173 Å². The standard InChI is InChI=1S/C23H20FN5O/c1-27-13-17(12-25-27)19-15-28(14-16-6-2-3-7-18(16)19)23(30)21-10-11-29(26-21)22-9-5-4-8-20(22)24/h2-13,19H,14-15H2,1H3. The van der Waals surface area contributed by atoms with Crippen LogP contribution >= 0.6 is 0 Å². The second-order valence-corrected chi connectivity index (χ2v) is 7.48. The Morgan fingerprint density at radius 1 is 1.10 bits per heavy atom. The van der Waals surface area contributed by atoms with Gasteiger partial charge < -0.3 is 4.90 Å². The van der Waals surface area contributed by atoms with Gasteiger partial charge in [-0.3, -0.25) is 9.48 Å². The Balaban J connectivity index is 1.46. The summed E-state index contributed by atoms with van der Waals surface area (Å²) in [4.78, 5) is 15.1. The second-order valence-electron chi connectivity index (χ2n) is 7.48. The molecule has 0 bridgehead atoms. The topological polar surface area (TPSA) is 56.0 Å². The minimum absolute atomic E-state index is 0.0428. The predicted molar refractivity (Wildman–Crippen MR) is 110 cm³/mol. The molecule has 0 saturated carbocycles. The Bertz CT molecular complexity index is 1230. The molecule has 0 radical (unpaired) electrons. The lowest BCUT2D eigenvalue weighted by molar-refractivity contribution is 0.0718. The molecule has 150 valence electrons. The smallest absolute Gasteiger partial charge is 0.274 e. The van der Waals surface area contributed by atoms with Crippen LogP contribution in [0.3, 0.4) is 0 Å². The first-order valence-electron chi connectivity index (χ1n) is 9.76. The van der Waals surface area contributed by atoms with Crippen LogP contribution in [0.2, 0.25) is 0 Å². The Hall–Kier alpha value is -3.74. The lowest BCUT2D eigenvalue weighted by Crippen LogP contribution is -2.38. The molecule has 4 aromatic rings. The van der Waals surface area contributed by atoms with Crippen LogP contribution < -0.4 is 0 Å². The van der Waals surface area contributed by atoms with Gasteiger partial charge in [0.15, 0.2) is 5.69 Å². The maximum Gasteiger partial charge on any atom is 0.274 e. The van der Waals surface area contributed by atoms with Crippen molar-refractivity contribution >= 4 is 5.91 Å². The number of nitrogens with zero attached hydrogens (tertiary/aromatic N) is 5. The molecule has 0 saturated heterocycles. The fourth-order valence-electron chi connectivity index (χ4n) is 4.04. The van der Waals surface area contributed by atoms with Crippen LogP contribution in [0.5, 0.6) is 0 Å². The minimum Gasteiger partial charge on any atom is -0.332 e. The monoisotopic (exact) mass is 401 g/mol. The van der Waals surface area contributed by atoms with Gasteiger partial charge in [-0.25, -0.2) is 9.07 Å². The van der Waals surface area contributed by atoms with Crippen molar-refractivity contribution in [3.8, 4) is 5.69 Å². The molecule has 1 unspecified atom stereocenters. The third-order valence-corrected chi connectivity index (χ3v) is 5.52. The van der Waals surface area contributed by atoms with Crippen LogP contribution in [0.25, 0.3) is 5.69 Å². The normalized spacial score (nSPS) is 15.8. The van der Waals surface area contributed by atoms with E-state index in [4.69, 9.17) is 0 Å². The fraction of sp³-hybridized carbons (Fsp3) is 0.174. The first-order chi connectivity index (χ1) is 14.6. The number of carbonyl (C=O) groups excluding carboxylic acids is 1. The van der Waals surface area contributed by atoms with E-state index in [0.29, 0.717) is 24.5 Å². The van der Waals surface area contributed by atoms with E-state index in [-0.39, 0.29) is 17.6 Å². The molecule has 2 aromatic carbocycles. The van der Waals surface area contributed by atoms with E-state index in [1.165, 1.54) is 16.3 Å². The minimum atomic E-state index is -0.386. The fourth-order valence-corrected chi connectivity index (χ4v) is 4.04. The van der Waals surface area contributed by atoms with Gasteiger partial charge in [0.1, 0.15) is 11.5 Å². The lowest BCUT2D eigenvalue weighted by atomic mass is 9.86. The highest BCUT2D eigenvalue weighted by molar-refractivity contribution is 5.92. The highest BCUT2D eigenvalue weighted by atomic mass is 19.1. The molecule has 30 heavy (non-hydrogen) atoms. The number of aromatic nitrogens is 4. The summed E-state index contributed by atoms with van der Waals surface area (Å²) in [5.74, 6) is -0.516. The molecular weight excluding hydrogens is 381 g/mol. The number of hydrogen-bond donors (Lipinski definition) is 0. The van der Waals surface area contributed by atoms with Crippen molar-refractivity contribution in [3.05, 3.63) is 101 Å². The summed E-state index contributed by atoms with van der Waals surface area (Å²) in [6, 6.07) is 16.2. The summed E-state index contributed by atoms with van der Waals surface area (Å²) < 4.78 is 17.3. The molecule has 0 fully saturated rings. The van der Waals surface area contributed by atoms with E-state index >= 15 is 0 Å². The van der Waals surface area contributed by atoms with E-state index in [1.807, 2.05) is 31.6 Å². The van der Waals surface area contributed by atoms with Crippen LogP contribution in [0.4, 0.5) is 4.39 Å². The van der Waals surface area contributed by atoms with Crippen molar-refractivity contribution in [2.24, 2.45) is 7.05 Å². The zero-order valence-electron chi connectivity index (χ0n) is 16.4. The summed E-state index contributed by atoms with van der Waals surface area (Å²) in [7, 11) is 1.89. The van der Waals surface area contributed by atoms with Crippen molar-refractivity contribution in [1.29, 1.82) is 0 Å². The van der Waals surface area contributed by atoms with Gasteiger partial charge in [0.25, 0.3) is 5.91 Å². The van der Waals surface area contributed by atoms with Crippen molar-refractivity contribution in [2.75, 3.05) is 6.54 Å². The molecule has 6 nitrogen and oxygen atoms in total. The van der Waals surface area contributed by atoms with Crippen LogP contribution in [-0.2, 0) is 13.6 Å². The van der Waals surface area contributed by atoms with Gasteiger partial charge >= 0.3 is 0 Å². The lowest BCUT2D eigenvalue weighted by Gasteiger charge is -2.34. The summed E-state index contributed by atoms with van der Waals surface area (Å²) in [5.41, 5.74) is 4.00. The average molecular weight is 401 g/mol. The van der Waals surface area contributed by atoms with Gasteiger partial charge in [-0.1, -0.05) is 36.4 Å². The number of fused-ring (bicyclic) bond motifs is 1. The molecule has 1 aliphatic heterocycles. The predicted octanol–water partition coefficient (Wildman–Crippen LogP) is 3.53. The van der Waals surface area contributed by atoms with Crippen LogP contribution in [0, 0.1) is 5.82 Å². The Kier molecular flexibility index (Phi) is 4.43. The third-order valence-electron chi connectivity index (χ3n) is 5.52. The zero-order chi connectivity index (χ0) is 20.7. The molecule has 3 heterocycles. The van der Waals surface area contributed by atoms with Crippen molar-refractivity contribution in [3.63, 3.8) is 0 Å². The second kappa shape index (κ2) is 7.26. The number of hydrogen-bond acceptors (Lipinski definition) is 3. The van der Waals surface area contributed by atoms with E-state index in [9.17, 15) is 9.18 Å². The molecule has 1 amide bonds. The molecule has 2 aromatic heterocycles. The molecule has 0 aliphatic carbocycles. The number of aryl methyl sites for hydroxylation is 1. The number of rotatable bonds is 3. The molecule has 1 aliphatic rings. The van der Waals surface area contributed by atoms with E-state index < -0.39 is 0 Å². The van der Waals surface area contributed by atoms with Crippen molar-refractivity contribution in [2.45, 2.75) is 12.5 Å². The maximum absolute atomic E-state index is 14.1. The summed E-state index contributed by atoms with van der Waals surface area (Å²) in [5, 5.41) is 8.64. The maximum atomic E-state index is 14.1. The number of benzene rings is 2. The third kappa shape index (κ3) is 3.18. The van der Waals surface area contributed by atoms with Crippen molar-refractivity contribution in [1.82, 2.24) is 24.5 Å². The molecule has 0 N–H and O–H groups in total. The van der Waals surface area contributed by atoms with Crippen LogP contribution in [-0.4, -0.2) is 36.9 Å². The van der Waals surface area contributed by atoms with Gasteiger partial charge in [0.05, 0.1) is 6.20 Å². The van der Waals surface area contributed by atoms with E-state index in [2.05, 4.69) is 22.3 Å². The number of halogens is 1. The highest BCUT2D eigenvalue weighted by Gasteiger charge is 2.31. The summed E-state index contributed by atoms with van der Waals surface area (Å²) >= 11 is 0. The Morgan fingerprint density at radius 3 is 2.70 bits per heavy atom. The van der Waals surface area contributed by atoms with Gasteiger partial charge in [-0.05, 0) is 34.9 Å². The first kappa shape index (κ1) is 18.3. The van der Waals surface area contributed by atoms with Crippen LogP contribution in [0.15, 0.2) is 73.2 Å². The van der Waals surface area contributed by atoms with Crippen LogP contribution in [0.1, 0.15) is 33.1 Å². The summed E-state index contributed by atoms with van der Waals surface area (Å²) in [6.07, 6.45) is 5.45. The number of carbonyl (C=O) groups is 1. The SMILES string of the molecule is Cn1cc(C2CN(C(=O)c3ccn(-c4ccccc4F)n3)Cc3ccccc32)cn1. The van der Waals surface area contributed by atoms with Gasteiger partial charge in [0.2, 0.25) is 0 Å². The Morgan fingerprint density at radius 2 is 1.90 bits per heavy atom. The molecule has 0 spiro atoms. The largest absolute Gasteiger partial charge is 0.332 e. The zero-order valence-corrected chi connectivity index (χ0v) is 16.4. The molecular formula is C23H20FN5O. The van der Waals surface area contributed by atoms with E-state index in [1.54, 1.807) is 40.0 Å².